The van der Waals surface area contributed by atoms with Crippen molar-refractivity contribution in [1.29, 1.82) is 0 Å². The molecule has 53 heavy (non-hydrogen) atoms. The first-order valence-electron chi connectivity index (χ1n) is 23.8. The zero-order chi connectivity index (χ0) is 38.9. The lowest BCUT2D eigenvalue weighted by atomic mass is 10.0. The number of amides is 1. The minimum Gasteiger partial charge on any atom is -0.462 e. The fourth-order valence-corrected chi connectivity index (χ4v) is 7.55. The predicted octanol–water partition coefficient (Wildman–Crippen LogP) is 13.6. The van der Waals surface area contributed by atoms with Crippen LogP contribution in [-0.4, -0.2) is 46.9 Å². The second-order valence-electron chi connectivity index (χ2n) is 16.5. The summed E-state index contributed by atoms with van der Waals surface area (Å²) in [4.78, 5) is 26.0. The van der Waals surface area contributed by atoms with Gasteiger partial charge < -0.3 is 20.3 Å². The molecule has 0 saturated heterocycles. The normalized spacial score (nSPS) is 13.2. The topological polar surface area (TPSA) is 95.9 Å². The zero-order valence-corrected chi connectivity index (χ0v) is 35.9. The average Bonchev–Trinajstić information content (AvgIpc) is 3.15. The molecule has 0 aromatic carbocycles. The van der Waals surface area contributed by atoms with Gasteiger partial charge in [-0.2, -0.15) is 0 Å². The Morgan fingerprint density at radius 2 is 0.792 bits per heavy atom. The third kappa shape index (κ3) is 37.6. The number of carbonyl (C=O) groups is 2. The number of hydrogen-bond donors (Lipinski definition) is 3. The van der Waals surface area contributed by atoms with Gasteiger partial charge in [-0.25, -0.2) is 0 Å². The largest absolute Gasteiger partial charge is 0.462 e. The molecule has 0 aromatic rings. The monoisotopic (exact) mass is 752 g/mol. The van der Waals surface area contributed by atoms with E-state index in [4.69, 9.17) is 4.74 Å². The fraction of sp³-hybridized carbons (Fsp3) is 0.957. The number of nitrogens with one attached hydrogen (secondary N) is 1. The van der Waals surface area contributed by atoms with Crippen molar-refractivity contribution >= 4 is 11.9 Å². The number of ether oxygens (including phenoxy) is 1. The van der Waals surface area contributed by atoms with E-state index in [9.17, 15) is 19.8 Å². The molecule has 0 radical (unpaired) electrons. The maximum absolute atomic E-state index is 13.1. The van der Waals surface area contributed by atoms with E-state index in [0.717, 1.165) is 38.5 Å². The smallest absolute Gasteiger partial charge is 0.306 e. The number of unbranched alkanes of at least 4 members (excludes halogenated alkanes) is 31. The van der Waals surface area contributed by atoms with Crippen molar-refractivity contribution in [2.75, 3.05) is 6.61 Å². The summed E-state index contributed by atoms with van der Waals surface area (Å²) in [6.45, 7) is 6.47. The van der Waals surface area contributed by atoms with Crippen LogP contribution in [0.25, 0.3) is 0 Å². The summed E-state index contributed by atoms with van der Waals surface area (Å²) >= 11 is 0. The molecule has 0 heterocycles. The van der Waals surface area contributed by atoms with Crippen LogP contribution < -0.4 is 5.32 Å². The van der Waals surface area contributed by atoms with Crippen molar-refractivity contribution in [2.24, 2.45) is 0 Å². The van der Waals surface area contributed by atoms with Gasteiger partial charge in [0.15, 0.2) is 0 Å². The first-order chi connectivity index (χ1) is 26.0. The Bertz CT molecular complexity index is 761. The Labute approximate surface area is 330 Å². The highest BCUT2D eigenvalue weighted by Gasteiger charge is 2.24. The van der Waals surface area contributed by atoms with Gasteiger partial charge in [-0.1, -0.05) is 226 Å². The molecule has 0 aliphatic carbocycles. The quantitative estimate of drug-likeness (QED) is 0.0426. The van der Waals surface area contributed by atoms with Crippen LogP contribution in [0.2, 0.25) is 0 Å². The van der Waals surface area contributed by atoms with Crippen molar-refractivity contribution in [1.82, 2.24) is 5.32 Å². The van der Waals surface area contributed by atoms with Crippen LogP contribution in [0.4, 0.5) is 0 Å². The molecule has 6 nitrogen and oxygen atoms in total. The first-order valence-corrected chi connectivity index (χ1v) is 23.8. The lowest BCUT2D eigenvalue weighted by molar-refractivity contribution is -0.151. The first kappa shape index (κ1) is 51.9. The Hall–Kier alpha value is -1.14. The second-order valence-corrected chi connectivity index (χ2v) is 16.5. The van der Waals surface area contributed by atoms with Crippen LogP contribution in [0.15, 0.2) is 0 Å². The van der Waals surface area contributed by atoms with Crippen molar-refractivity contribution in [3.05, 3.63) is 0 Å². The van der Waals surface area contributed by atoms with E-state index in [1.807, 2.05) is 0 Å². The number of esters is 1. The number of hydrogen-bond acceptors (Lipinski definition) is 5. The fourth-order valence-electron chi connectivity index (χ4n) is 7.55. The summed E-state index contributed by atoms with van der Waals surface area (Å²) in [5.74, 6) is -0.457. The van der Waals surface area contributed by atoms with Gasteiger partial charge in [0.05, 0.1) is 25.2 Å². The Balaban J connectivity index is 4.49. The third-order valence-corrected chi connectivity index (χ3v) is 11.2. The van der Waals surface area contributed by atoms with E-state index >= 15 is 0 Å². The third-order valence-electron chi connectivity index (χ3n) is 11.2. The maximum atomic E-state index is 13.1. The lowest BCUT2D eigenvalue weighted by Gasteiger charge is -2.24. The van der Waals surface area contributed by atoms with E-state index in [0.29, 0.717) is 19.3 Å². The molecule has 0 saturated carbocycles. The van der Waals surface area contributed by atoms with Gasteiger partial charge in [0.1, 0.15) is 6.10 Å². The number of carbonyl (C=O) groups excluding carboxylic acids is 2. The highest BCUT2D eigenvalue weighted by atomic mass is 16.5. The van der Waals surface area contributed by atoms with Crippen LogP contribution in [0, 0.1) is 0 Å². The molecular weight excluding hydrogens is 659 g/mol. The molecule has 1 amide bonds. The van der Waals surface area contributed by atoms with E-state index in [1.54, 1.807) is 0 Å². The van der Waals surface area contributed by atoms with Crippen molar-refractivity contribution in [3.63, 3.8) is 0 Å². The lowest BCUT2D eigenvalue weighted by Crippen LogP contribution is -2.46. The Morgan fingerprint density at radius 3 is 1.15 bits per heavy atom. The van der Waals surface area contributed by atoms with Crippen LogP contribution in [0.1, 0.15) is 265 Å². The van der Waals surface area contributed by atoms with Gasteiger partial charge in [0.25, 0.3) is 0 Å². The SMILES string of the molecule is CCCCCCCCCCCCCCCCC(=O)OC(CCCCCCCCCCCC)CC(=O)NC(CO)C(O)CCCCCCCCCCCC. The zero-order valence-electron chi connectivity index (χ0n) is 35.9. The summed E-state index contributed by atoms with van der Waals surface area (Å²) in [5, 5.41) is 23.6. The molecule has 0 fully saturated rings. The van der Waals surface area contributed by atoms with Gasteiger partial charge in [0, 0.05) is 6.42 Å². The summed E-state index contributed by atoms with van der Waals surface area (Å²) in [7, 11) is 0. The van der Waals surface area contributed by atoms with Crippen molar-refractivity contribution < 1.29 is 24.5 Å². The number of aliphatic hydroxyl groups is 2. The molecule has 3 N–H and O–H groups in total. The maximum Gasteiger partial charge on any atom is 0.306 e. The summed E-state index contributed by atoms with van der Waals surface area (Å²) in [5.41, 5.74) is 0. The molecule has 3 atom stereocenters. The molecular formula is C47H93NO5. The molecule has 0 aliphatic heterocycles. The standard InChI is InChI=1S/C47H93NO5/c1-4-7-10-13-16-19-22-23-24-25-28-31-34-37-40-47(52)53-43(38-35-32-29-26-20-17-14-11-8-5-2)41-46(51)48-44(42-49)45(50)39-36-33-30-27-21-18-15-12-9-6-3/h43-45,49-50H,4-42H2,1-3H3,(H,48,51). The second kappa shape index (κ2) is 42.0. The molecule has 0 aliphatic rings. The van der Waals surface area contributed by atoms with Gasteiger partial charge >= 0.3 is 5.97 Å². The van der Waals surface area contributed by atoms with Gasteiger partial charge in [-0.05, 0) is 25.7 Å². The van der Waals surface area contributed by atoms with Gasteiger partial charge in [0.2, 0.25) is 5.91 Å². The van der Waals surface area contributed by atoms with E-state index in [-0.39, 0.29) is 24.9 Å². The number of rotatable bonds is 43. The highest BCUT2D eigenvalue weighted by molar-refractivity contribution is 5.77. The van der Waals surface area contributed by atoms with Crippen LogP contribution in [0.3, 0.4) is 0 Å². The van der Waals surface area contributed by atoms with Crippen LogP contribution >= 0.6 is 0 Å². The predicted molar refractivity (Wildman–Crippen MR) is 227 cm³/mol. The van der Waals surface area contributed by atoms with Crippen LogP contribution in [0.5, 0.6) is 0 Å². The average molecular weight is 752 g/mol. The molecule has 0 rings (SSSR count). The van der Waals surface area contributed by atoms with E-state index < -0.39 is 18.2 Å². The van der Waals surface area contributed by atoms with Crippen molar-refractivity contribution in [2.45, 2.75) is 283 Å². The van der Waals surface area contributed by atoms with Crippen molar-refractivity contribution in [3.8, 4) is 0 Å². The van der Waals surface area contributed by atoms with E-state index in [2.05, 4.69) is 26.1 Å². The minimum atomic E-state index is -0.777. The molecule has 0 bridgehead atoms. The highest BCUT2D eigenvalue weighted by Crippen LogP contribution is 2.18. The summed E-state index contributed by atoms with van der Waals surface area (Å²) < 4.78 is 5.91. The molecule has 6 heteroatoms. The van der Waals surface area contributed by atoms with Crippen LogP contribution in [-0.2, 0) is 14.3 Å². The molecule has 0 aromatic heterocycles. The van der Waals surface area contributed by atoms with Gasteiger partial charge in [-0.3, -0.25) is 9.59 Å². The minimum absolute atomic E-state index is 0.0867. The molecule has 3 unspecified atom stereocenters. The van der Waals surface area contributed by atoms with Gasteiger partial charge in [-0.15, -0.1) is 0 Å². The Kier molecular flexibility index (Phi) is 41.1. The van der Waals surface area contributed by atoms with E-state index in [1.165, 1.54) is 180 Å². The Morgan fingerprint density at radius 1 is 0.472 bits per heavy atom. The molecule has 0 spiro atoms. The number of aliphatic hydroxyl groups excluding tert-OH is 2. The summed E-state index contributed by atoms with van der Waals surface area (Å²) in [6.07, 6.45) is 43.0. The summed E-state index contributed by atoms with van der Waals surface area (Å²) in [6, 6.07) is -0.690. The molecule has 316 valence electrons.